The van der Waals surface area contributed by atoms with Gasteiger partial charge >= 0.3 is 0 Å². The van der Waals surface area contributed by atoms with Gasteiger partial charge in [-0.3, -0.25) is 9.78 Å². The normalized spacial score (nSPS) is 11.0. The topological polar surface area (TPSA) is 117 Å². The Balaban J connectivity index is 2.04. The highest BCUT2D eigenvalue weighted by Crippen LogP contribution is 2.03. The molecule has 0 aliphatic carbocycles. The minimum Gasteiger partial charge on any atom is -0.382 e. The highest BCUT2D eigenvalue weighted by Gasteiger charge is 2.10. The zero-order valence-electron chi connectivity index (χ0n) is 10.1. The number of rotatable bonds is 2. The molecule has 0 aliphatic rings. The Kier molecular flexibility index (Phi) is 2.44. The maximum Gasteiger partial charge on any atom is 0.281 e. The van der Waals surface area contributed by atoms with E-state index in [-0.39, 0.29) is 12.1 Å². The average Bonchev–Trinajstić information content (AvgIpc) is 2.78. The van der Waals surface area contributed by atoms with Crippen LogP contribution in [0.15, 0.2) is 23.4 Å². The SMILES string of the molecule is Cn1ncc2c(=O)n(Cc3cnc(N)cn3)nnc21. The fourth-order valence-corrected chi connectivity index (χ4v) is 1.68. The largest absolute Gasteiger partial charge is 0.382 e. The smallest absolute Gasteiger partial charge is 0.281 e. The third-order valence-electron chi connectivity index (χ3n) is 2.66. The Bertz CT molecular complexity index is 787. The van der Waals surface area contributed by atoms with Gasteiger partial charge in [0.25, 0.3) is 5.56 Å². The molecule has 3 aromatic rings. The highest BCUT2D eigenvalue weighted by atomic mass is 16.1. The Morgan fingerprint density at radius 1 is 1.26 bits per heavy atom. The molecule has 0 bridgehead atoms. The molecule has 0 unspecified atom stereocenters. The van der Waals surface area contributed by atoms with Crippen molar-refractivity contribution in [1.29, 1.82) is 0 Å². The molecule has 0 saturated carbocycles. The van der Waals surface area contributed by atoms with Crippen molar-refractivity contribution in [2.24, 2.45) is 7.05 Å². The first-order chi connectivity index (χ1) is 9.15. The Hall–Kier alpha value is -2.84. The molecule has 0 radical (unpaired) electrons. The predicted molar refractivity (Wildman–Crippen MR) is 66.1 cm³/mol. The van der Waals surface area contributed by atoms with Crippen LogP contribution in [0.4, 0.5) is 5.82 Å². The van der Waals surface area contributed by atoms with Crippen molar-refractivity contribution in [1.82, 2.24) is 34.7 Å². The highest BCUT2D eigenvalue weighted by molar-refractivity contribution is 5.72. The number of nitrogens with zero attached hydrogens (tertiary/aromatic N) is 7. The van der Waals surface area contributed by atoms with E-state index in [0.29, 0.717) is 22.5 Å². The molecule has 9 nitrogen and oxygen atoms in total. The maximum atomic E-state index is 12.1. The number of hydrogen-bond acceptors (Lipinski definition) is 7. The van der Waals surface area contributed by atoms with Gasteiger partial charge in [0.2, 0.25) is 0 Å². The standard InChI is InChI=1S/C10H10N8O/c1-17-9-7(3-14-17)10(19)18(16-15-9)5-6-2-13-8(11)4-12-6/h2-4H,5H2,1H3,(H2,11,13). The van der Waals surface area contributed by atoms with Gasteiger partial charge in [0.1, 0.15) is 11.2 Å². The first-order valence-electron chi connectivity index (χ1n) is 5.47. The molecule has 0 fully saturated rings. The number of hydrogen-bond donors (Lipinski definition) is 1. The molecule has 3 rings (SSSR count). The van der Waals surface area contributed by atoms with Crippen LogP contribution in [0.2, 0.25) is 0 Å². The van der Waals surface area contributed by atoms with Crippen LogP contribution < -0.4 is 11.3 Å². The molecule has 3 aromatic heterocycles. The fourth-order valence-electron chi connectivity index (χ4n) is 1.68. The third kappa shape index (κ3) is 1.90. The van der Waals surface area contributed by atoms with Crippen LogP contribution in [0.25, 0.3) is 11.0 Å². The Morgan fingerprint density at radius 2 is 2.11 bits per heavy atom. The maximum absolute atomic E-state index is 12.1. The third-order valence-corrected chi connectivity index (χ3v) is 2.66. The van der Waals surface area contributed by atoms with Gasteiger partial charge in [-0.05, 0) is 0 Å². The summed E-state index contributed by atoms with van der Waals surface area (Å²) in [5, 5.41) is 12.2. The second-order valence-corrected chi connectivity index (χ2v) is 3.99. The van der Waals surface area contributed by atoms with Crippen LogP contribution in [-0.2, 0) is 13.6 Å². The lowest BCUT2D eigenvalue weighted by Crippen LogP contribution is -2.25. The molecule has 0 aliphatic heterocycles. The minimum absolute atomic E-state index is 0.184. The van der Waals surface area contributed by atoms with E-state index < -0.39 is 0 Å². The molecule has 19 heavy (non-hydrogen) atoms. The first kappa shape index (κ1) is 11.3. The van der Waals surface area contributed by atoms with Crippen LogP contribution in [-0.4, -0.2) is 34.7 Å². The molecule has 0 atom stereocenters. The number of anilines is 1. The van der Waals surface area contributed by atoms with Crippen LogP contribution >= 0.6 is 0 Å². The summed E-state index contributed by atoms with van der Waals surface area (Å²) in [5.41, 5.74) is 6.21. The minimum atomic E-state index is -0.267. The predicted octanol–water partition coefficient (Wildman–Crippen LogP) is -1.05. The van der Waals surface area contributed by atoms with E-state index in [0.717, 1.165) is 0 Å². The van der Waals surface area contributed by atoms with Gasteiger partial charge in [0.15, 0.2) is 5.65 Å². The van der Waals surface area contributed by atoms with Gasteiger partial charge in [-0.2, -0.15) is 5.10 Å². The van der Waals surface area contributed by atoms with Crippen molar-refractivity contribution in [3.05, 3.63) is 34.6 Å². The molecule has 0 aromatic carbocycles. The fraction of sp³-hybridized carbons (Fsp3) is 0.200. The second-order valence-electron chi connectivity index (χ2n) is 3.99. The van der Waals surface area contributed by atoms with Crippen molar-refractivity contribution >= 4 is 16.9 Å². The molecule has 9 heteroatoms. The summed E-state index contributed by atoms with van der Waals surface area (Å²) < 4.78 is 2.71. The molecule has 2 N–H and O–H groups in total. The van der Waals surface area contributed by atoms with Crippen LogP contribution in [0.3, 0.4) is 0 Å². The number of nitrogen functional groups attached to an aromatic ring is 1. The average molecular weight is 258 g/mol. The molecular weight excluding hydrogens is 248 g/mol. The van der Waals surface area contributed by atoms with E-state index >= 15 is 0 Å². The number of aromatic nitrogens is 7. The van der Waals surface area contributed by atoms with Crippen LogP contribution in [0.1, 0.15) is 5.69 Å². The molecule has 96 valence electrons. The number of nitrogens with two attached hydrogens (primary N) is 1. The summed E-state index contributed by atoms with van der Waals surface area (Å²) in [6.45, 7) is 0.184. The molecule has 3 heterocycles. The Morgan fingerprint density at radius 3 is 2.84 bits per heavy atom. The van der Waals surface area contributed by atoms with E-state index in [2.05, 4.69) is 25.4 Å². The van der Waals surface area contributed by atoms with Gasteiger partial charge < -0.3 is 5.73 Å². The summed E-state index contributed by atoms with van der Waals surface area (Å²) in [7, 11) is 1.70. The van der Waals surface area contributed by atoms with Crippen molar-refractivity contribution in [3.63, 3.8) is 0 Å². The van der Waals surface area contributed by atoms with Gasteiger partial charge in [-0.1, -0.05) is 5.21 Å². The first-order valence-corrected chi connectivity index (χ1v) is 5.47. The van der Waals surface area contributed by atoms with E-state index in [1.165, 1.54) is 28.0 Å². The molecule has 0 spiro atoms. The quantitative estimate of drug-likeness (QED) is 0.622. The second kappa shape index (κ2) is 4.12. The van der Waals surface area contributed by atoms with Crippen molar-refractivity contribution in [3.8, 4) is 0 Å². The van der Waals surface area contributed by atoms with Gasteiger partial charge in [0.05, 0.1) is 30.8 Å². The number of aryl methyl sites for hydroxylation is 1. The van der Waals surface area contributed by atoms with E-state index in [9.17, 15) is 4.79 Å². The lowest BCUT2D eigenvalue weighted by atomic mass is 10.4. The van der Waals surface area contributed by atoms with Crippen molar-refractivity contribution in [2.75, 3.05) is 5.73 Å². The van der Waals surface area contributed by atoms with E-state index in [1.54, 1.807) is 7.05 Å². The van der Waals surface area contributed by atoms with Crippen LogP contribution in [0, 0.1) is 0 Å². The Labute approximate surface area is 106 Å². The molecule has 0 amide bonds. The molecular formula is C10H10N8O. The summed E-state index contributed by atoms with van der Waals surface area (Å²) >= 11 is 0. The summed E-state index contributed by atoms with van der Waals surface area (Å²) in [5.74, 6) is 0.324. The monoisotopic (exact) mass is 258 g/mol. The lowest BCUT2D eigenvalue weighted by Gasteiger charge is -2.02. The van der Waals surface area contributed by atoms with Crippen molar-refractivity contribution < 1.29 is 0 Å². The zero-order valence-corrected chi connectivity index (χ0v) is 10.1. The van der Waals surface area contributed by atoms with E-state index in [4.69, 9.17) is 5.73 Å². The summed E-state index contributed by atoms with van der Waals surface area (Å²) in [6.07, 6.45) is 4.39. The number of fused-ring (bicyclic) bond motifs is 1. The van der Waals surface area contributed by atoms with E-state index in [1.807, 2.05) is 0 Å². The van der Waals surface area contributed by atoms with Crippen LogP contribution in [0.5, 0.6) is 0 Å². The van der Waals surface area contributed by atoms with Gasteiger partial charge in [-0.25, -0.2) is 14.3 Å². The van der Waals surface area contributed by atoms with Crippen molar-refractivity contribution in [2.45, 2.75) is 6.54 Å². The van der Waals surface area contributed by atoms with Gasteiger partial charge in [0, 0.05) is 7.05 Å². The van der Waals surface area contributed by atoms with Gasteiger partial charge in [-0.15, -0.1) is 5.10 Å². The summed E-state index contributed by atoms with van der Waals surface area (Å²) in [6, 6.07) is 0. The zero-order chi connectivity index (χ0) is 13.4. The molecule has 0 saturated heterocycles. The summed E-state index contributed by atoms with van der Waals surface area (Å²) in [4.78, 5) is 20.1. The lowest BCUT2D eigenvalue weighted by molar-refractivity contribution is 0.586.